The molecule has 1 N–H and O–H groups in total. The number of nitrogens with one attached hydrogen (secondary N) is 1. The third kappa shape index (κ3) is 9.59. The number of aromatic nitrogens is 3. The van der Waals surface area contributed by atoms with Crippen molar-refractivity contribution in [2.45, 2.75) is 84.0 Å². The van der Waals surface area contributed by atoms with Crippen LogP contribution >= 0.6 is 0 Å². The molecular weight excluding hydrogens is 491 g/mol. The molecule has 0 spiro atoms. The van der Waals surface area contributed by atoms with Gasteiger partial charge >= 0.3 is 6.09 Å². The lowest BCUT2D eigenvalue weighted by Crippen LogP contribution is -2.34. The average Bonchev–Trinajstić information content (AvgIpc) is 3.17. The fourth-order valence-electron chi connectivity index (χ4n) is 3.53. The van der Waals surface area contributed by atoms with E-state index in [0.29, 0.717) is 31.3 Å². The number of rotatable bonds is 12. The number of carbonyl (C=O) groups excluding carboxylic acids is 1. The first kappa shape index (κ1) is 28.8. The van der Waals surface area contributed by atoms with Gasteiger partial charge in [0.25, 0.3) is 0 Å². The smallest absolute Gasteiger partial charge is 0.407 e. The van der Waals surface area contributed by atoms with Crippen molar-refractivity contribution in [2.24, 2.45) is 0 Å². The summed E-state index contributed by atoms with van der Waals surface area (Å²) in [5.74, 6) is 2.65. The molecule has 0 radical (unpaired) electrons. The number of hydrogen-bond donors (Lipinski definition) is 1. The topological polar surface area (TPSA) is 87.5 Å². The molecule has 1 saturated carbocycles. The van der Waals surface area contributed by atoms with E-state index in [9.17, 15) is 9.18 Å². The molecule has 8 nitrogen and oxygen atoms in total. The van der Waals surface area contributed by atoms with E-state index in [1.165, 1.54) is 6.42 Å². The zero-order valence-corrected chi connectivity index (χ0v) is 24.0. The lowest BCUT2D eigenvalue weighted by molar-refractivity contribution is 0.0531. The number of alkyl carbamates (subject to hydrolysis) is 1. The van der Waals surface area contributed by atoms with E-state index < -0.39 is 19.8 Å². The van der Waals surface area contributed by atoms with Crippen LogP contribution in [0.25, 0.3) is 11.4 Å². The zero-order valence-electron chi connectivity index (χ0n) is 23.0. The quantitative estimate of drug-likeness (QED) is 0.256. The van der Waals surface area contributed by atoms with Gasteiger partial charge in [-0.25, -0.2) is 18.9 Å². The van der Waals surface area contributed by atoms with E-state index in [1.807, 2.05) is 28.9 Å². The second kappa shape index (κ2) is 12.7. The van der Waals surface area contributed by atoms with E-state index in [-0.39, 0.29) is 18.7 Å². The summed E-state index contributed by atoms with van der Waals surface area (Å²) in [5.41, 5.74) is 0.576. The first-order chi connectivity index (χ1) is 17.4. The number of halogens is 1. The Bertz CT molecular complexity index is 1050. The molecule has 1 heterocycles. The Morgan fingerprint density at radius 2 is 1.92 bits per heavy atom. The molecule has 2 aromatic rings. The van der Waals surface area contributed by atoms with Crippen LogP contribution in [0.1, 0.15) is 51.8 Å². The molecule has 1 aromatic heterocycles. The van der Waals surface area contributed by atoms with Crippen LogP contribution in [0, 0.1) is 0 Å². The number of nitrogens with zero attached hydrogens (tertiary/aromatic N) is 3. The lowest BCUT2D eigenvalue weighted by atomic mass is 9.85. The Labute approximate surface area is 220 Å². The number of amides is 1. The van der Waals surface area contributed by atoms with Crippen molar-refractivity contribution in [2.75, 3.05) is 19.8 Å². The van der Waals surface area contributed by atoms with Gasteiger partial charge in [0.05, 0.1) is 6.33 Å². The van der Waals surface area contributed by atoms with Gasteiger partial charge in [-0.2, -0.15) is 5.10 Å². The Balaban J connectivity index is 1.59. The Hall–Kier alpha value is -2.72. The average molecular weight is 533 g/mol. The molecule has 0 bridgehead atoms. The van der Waals surface area contributed by atoms with E-state index in [2.05, 4.69) is 25.0 Å². The summed E-state index contributed by atoms with van der Waals surface area (Å²) in [7, 11) is -1.17. The summed E-state index contributed by atoms with van der Waals surface area (Å²) >= 11 is 0. The highest BCUT2D eigenvalue weighted by atomic mass is 28.3. The lowest BCUT2D eigenvalue weighted by Gasteiger charge is -2.21. The van der Waals surface area contributed by atoms with Crippen LogP contribution in [0.4, 0.5) is 9.18 Å². The molecule has 3 rings (SSSR count). The number of ether oxygens (including phenoxy) is 3. The third-order valence-electron chi connectivity index (χ3n) is 5.92. The molecule has 1 aliphatic carbocycles. The maximum absolute atomic E-state index is 13.3. The first-order valence-corrected chi connectivity index (χ1v) is 16.6. The van der Waals surface area contributed by atoms with Gasteiger partial charge in [0.1, 0.15) is 24.7 Å². The minimum atomic E-state index is -1.17. The van der Waals surface area contributed by atoms with Gasteiger partial charge in [0.15, 0.2) is 11.6 Å². The normalized spacial score (nSPS) is 14.8. The van der Waals surface area contributed by atoms with Crippen molar-refractivity contribution in [3.8, 4) is 17.1 Å². The van der Waals surface area contributed by atoms with Gasteiger partial charge in [-0.15, -0.1) is 0 Å². The van der Waals surface area contributed by atoms with Gasteiger partial charge in [-0.05, 0) is 63.9 Å². The highest BCUT2D eigenvalue weighted by molar-refractivity contribution is 6.76. The van der Waals surface area contributed by atoms with Gasteiger partial charge in [0, 0.05) is 38.3 Å². The fraction of sp³-hybridized carbons (Fsp3) is 0.593. The van der Waals surface area contributed by atoms with Crippen LogP contribution in [0.2, 0.25) is 25.7 Å². The summed E-state index contributed by atoms with van der Waals surface area (Å²) < 4.78 is 32.0. The molecule has 204 valence electrons. The van der Waals surface area contributed by atoms with E-state index in [0.717, 1.165) is 36.1 Å². The summed E-state index contributed by atoms with van der Waals surface area (Å²) in [6, 6.07) is 8.57. The molecule has 0 atom stereocenters. The minimum Gasteiger partial charge on any atom is -0.489 e. The zero-order chi connectivity index (χ0) is 27.1. The molecule has 0 unspecified atom stereocenters. The Morgan fingerprint density at radius 1 is 1.22 bits per heavy atom. The van der Waals surface area contributed by atoms with Gasteiger partial charge < -0.3 is 19.5 Å². The predicted octanol–water partition coefficient (Wildman–Crippen LogP) is 6.28. The second-order valence-electron chi connectivity index (χ2n) is 11.7. The molecular formula is C27H41FN4O4Si. The number of carbonyl (C=O) groups is 1. The van der Waals surface area contributed by atoms with E-state index in [1.54, 1.807) is 20.8 Å². The minimum absolute atomic E-state index is 0.00140. The third-order valence-corrected chi connectivity index (χ3v) is 7.62. The summed E-state index contributed by atoms with van der Waals surface area (Å²) in [5, 5.41) is 7.30. The van der Waals surface area contributed by atoms with Crippen LogP contribution in [0.15, 0.2) is 36.2 Å². The Morgan fingerprint density at radius 3 is 2.49 bits per heavy atom. The molecule has 0 saturated heterocycles. The van der Waals surface area contributed by atoms with Crippen molar-refractivity contribution in [3.05, 3.63) is 42.0 Å². The highest BCUT2D eigenvalue weighted by Gasteiger charge is 2.25. The van der Waals surface area contributed by atoms with E-state index in [4.69, 9.17) is 24.3 Å². The SMILES string of the molecule is CC(C)(C)OC(=O)NC/C(=C\F)COc1ccc(-c2nc(C3CCC3)nn2COCC[Si](C)(C)C)cc1. The standard InChI is InChI=1S/C27H41FN4O4Si/c1-27(2,3)36-26(33)29-17-20(16-28)18-35-23-12-10-22(11-13-23)25-30-24(21-8-7-9-21)31-32(25)19-34-14-15-37(4,5)6/h10-13,16,21H,7-9,14-15,17-19H2,1-6H3,(H,29,33)/b20-16+. The predicted molar refractivity (Wildman–Crippen MR) is 145 cm³/mol. The van der Waals surface area contributed by atoms with Crippen molar-refractivity contribution >= 4 is 14.2 Å². The van der Waals surface area contributed by atoms with Crippen molar-refractivity contribution in [3.63, 3.8) is 0 Å². The Kier molecular flexibility index (Phi) is 9.89. The van der Waals surface area contributed by atoms with Crippen LogP contribution < -0.4 is 10.1 Å². The summed E-state index contributed by atoms with van der Waals surface area (Å²) in [6.45, 7) is 13.4. The van der Waals surface area contributed by atoms with Gasteiger partial charge in [0.2, 0.25) is 0 Å². The van der Waals surface area contributed by atoms with Crippen LogP contribution in [-0.4, -0.2) is 54.3 Å². The number of hydrogen-bond acceptors (Lipinski definition) is 6. The molecule has 1 aromatic carbocycles. The molecule has 1 aliphatic rings. The molecule has 0 aliphatic heterocycles. The monoisotopic (exact) mass is 532 g/mol. The molecule has 1 amide bonds. The molecule has 37 heavy (non-hydrogen) atoms. The second-order valence-corrected chi connectivity index (χ2v) is 17.3. The van der Waals surface area contributed by atoms with Crippen molar-refractivity contribution in [1.29, 1.82) is 0 Å². The molecule has 10 heteroatoms. The fourth-order valence-corrected chi connectivity index (χ4v) is 4.29. The van der Waals surface area contributed by atoms with Crippen molar-refractivity contribution < 1.29 is 23.4 Å². The first-order valence-electron chi connectivity index (χ1n) is 12.9. The van der Waals surface area contributed by atoms with Crippen LogP contribution in [0.3, 0.4) is 0 Å². The van der Waals surface area contributed by atoms with Gasteiger partial charge in [-0.1, -0.05) is 26.1 Å². The van der Waals surface area contributed by atoms with Crippen LogP contribution in [-0.2, 0) is 16.2 Å². The van der Waals surface area contributed by atoms with E-state index >= 15 is 0 Å². The highest BCUT2D eigenvalue weighted by Crippen LogP contribution is 2.35. The van der Waals surface area contributed by atoms with Gasteiger partial charge in [-0.3, -0.25) is 0 Å². The maximum Gasteiger partial charge on any atom is 0.407 e. The largest absolute Gasteiger partial charge is 0.489 e. The summed E-state index contributed by atoms with van der Waals surface area (Å²) in [4.78, 5) is 16.6. The van der Waals surface area contributed by atoms with Crippen molar-refractivity contribution in [1.82, 2.24) is 20.1 Å². The molecule has 1 fully saturated rings. The maximum atomic E-state index is 13.3. The number of benzene rings is 1. The van der Waals surface area contributed by atoms with Crippen LogP contribution in [0.5, 0.6) is 5.75 Å². The summed E-state index contributed by atoms with van der Waals surface area (Å²) in [6.07, 6.45) is 3.31.